The summed E-state index contributed by atoms with van der Waals surface area (Å²) < 4.78 is 44.8. The minimum absolute atomic E-state index is 0.134. The average molecular weight is 415 g/mol. The van der Waals surface area contributed by atoms with Gasteiger partial charge in [-0.1, -0.05) is 12.1 Å². The van der Waals surface area contributed by atoms with Crippen molar-refractivity contribution >= 4 is 16.0 Å². The summed E-state index contributed by atoms with van der Waals surface area (Å²) in [4.78, 5) is 4.53. The van der Waals surface area contributed by atoms with E-state index >= 15 is 0 Å². The van der Waals surface area contributed by atoms with E-state index in [9.17, 15) is 12.8 Å². The van der Waals surface area contributed by atoms with Crippen molar-refractivity contribution in [3.05, 3.63) is 30.1 Å². The summed E-state index contributed by atoms with van der Waals surface area (Å²) in [6.45, 7) is 7.59. The molecule has 7 nitrogen and oxygen atoms in total. The van der Waals surface area contributed by atoms with Gasteiger partial charge in [0.05, 0.1) is 12.3 Å². The number of nitrogens with one attached hydrogen (secondary N) is 2. The second-order valence-corrected chi connectivity index (χ2v) is 9.05. The van der Waals surface area contributed by atoms with E-state index in [1.165, 1.54) is 6.07 Å². The zero-order valence-electron chi connectivity index (χ0n) is 16.8. The molecule has 1 aliphatic rings. The molecule has 1 aromatic carbocycles. The number of piperidine rings is 1. The average Bonchev–Trinajstić information content (AvgIpc) is 2.68. The zero-order chi connectivity index (χ0) is 20.6. The zero-order valence-corrected chi connectivity index (χ0v) is 17.6. The van der Waals surface area contributed by atoms with Gasteiger partial charge < -0.3 is 15.4 Å². The lowest BCUT2D eigenvalue weighted by molar-refractivity contribution is 0.219. The summed E-state index contributed by atoms with van der Waals surface area (Å²) in [6.07, 6.45) is 1.17. The van der Waals surface area contributed by atoms with Crippen LogP contribution in [0.2, 0.25) is 0 Å². The Morgan fingerprint density at radius 3 is 2.61 bits per heavy atom. The SMILES string of the molecule is CCNC(=NCC(C)Oc1ccccc1F)NC1CCN(S(=O)(=O)CC)CC1. The Bertz CT molecular complexity index is 749. The van der Waals surface area contributed by atoms with Crippen LogP contribution in [0.5, 0.6) is 5.75 Å². The number of sulfonamides is 1. The molecule has 1 aliphatic heterocycles. The van der Waals surface area contributed by atoms with Crippen LogP contribution in [0.1, 0.15) is 33.6 Å². The first-order valence-electron chi connectivity index (χ1n) is 9.79. The van der Waals surface area contributed by atoms with Gasteiger partial charge in [0.1, 0.15) is 6.10 Å². The fourth-order valence-electron chi connectivity index (χ4n) is 2.99. The van der Waals surface area contributed by atoms with Gasteiger partial charge in [0.25, 0.3) is 0 Å². The maximum atomic E-state index is 13.7. The number of guanidine groups is 1. The molecule has 1 heterocycles. The summed E-state index contributed by atoms with van der Waals surface area (Å²) in [6, 6.07) is 6.46. The van der Waals surface area contributed by atoms with Crippen LogP contribution in [0.4, 0.5) is 4.39 Å². The van der Waals surface area contributed by atoms with Gasteiger partial charge in [-0.25, -0.2) is 22.1 Å². The highest BCUT2D eigenvalue weighted by Gasteiger charge is 2.27. The number of benzene rings is 1. The Morgan fingerprint density at radius 1 is 1.32 bits per heavy atom. The van der Waals surface area contributed by atoms with Crippen LogP contribution in [0.3, 0.4) is 0 Å². The van der Waals surface area contributed by atoms with Crippen molar-refractivity contribution in [1.29, 1.82) is 0 Å². The van der Waals surface area contributed by atoms with Crippen molar-refractivity contribution in [2.24, 2.45) is 4.99 Å². The predicted octanol–water partition coefficient (Wildman–Crippen LogP) is 1.96. The van der Waals surface area contributed by atoms with E-state index in [-0.39, 0.29) is 23.6 Å². The van der Waals surface area contributed by atoms with Gasteiger partial charge in [0.2, 0.25) is 10.0 Å². The van der Waals surface area contributed by atoms with Gasteiger partial charge in [-0.05, 0) is 45.7 Å². The maximum Gasteiger partial charge on any atom is 0.213 e. The topological polar surface area (TPSA) is 83.0 Å². The normalized spacial score (nSPS) is 17.9. The maximum absolute atomic E-state index is 13.7. The molecule has 1 atom stereocenters. The number of hydrogen-bond acceptors (Lipinski definition) is 4. The molecule has 1 fully saturated rings. The van der Waals surface area contributed by atoms with Crippen LogP contribution < -0.4 is 15.4 Å². The first-order chi connectivity index (χ1) is 13.4. The summed E-state index contributed by atoms with van der Waals surface area (Å²) >= 11 is 0. The number of aliphatic imine (C=N–C) groups is 1. The third kappa shape index (κ3) is 6.63. The third-order valence-electron chi connectivity index (χ3n) is 4.57. The molecule has 1 aromatic rings. The Labute approximate surface area is 167 Å². The fourth-order valence-corrected chi connectivity index (χ4v) is 4.12. The van der Waals surface area contributed by atoms with E-state index in [4.69, 9.17) is 4.74 Å². The Hall–Kier alpha value is -1.87. The number of ether oxygens (including phenoxy) is 1. The highest BCUT2D eigenvalue weighted by molar-refractivity contribution is 7.89. The van der Waals surface area contributed by atoms with Crippen molar-refractivity contribution in [3.63, 3.8) is 0 Å². The minimum Gasteiger partial charge on any atom is -0.486 e. The van der Waals surface area contributed by atoms with Crippen molar-refractivity contribution in [1.82, 2.24) is 14.9 Å². The van der Waals surface area contributed by atoms with Crippen LogP contribution in [0.25, 0.3) is 0 Å². The third-order valence-corrected chi connectivity index (χ3v) is 6.45. The molecule has 9 heteroatoms. The van der Waals surface area contributed by atoms with Crippen LogP contribution in [0, 0.1) is 5.82 Å². The molecule has 0 aromatic heterocycles. The number of halogens is 1. The fraction of sp³-hybridized carbons (Fsp3) is 0.632. The van der Waals surface area contributed by atoms with E-state index in [1.54, 1.807) is 29.4 Å². The molecule has 28 heavy (non-hydrogen) atoms. The van der Waals surface area contributed by atoms with Gasteiger partial charge in [0, 0.05) is 25.7 Å². The molecule has 0 radical (unpaired) electrons. The number of nitrogens with zero attached hydrogens (tertiary/aromatic N) is 2. The van der Waals surface area contributed by atoms with Crippen LogP contribution in [-0.4, -0.2) is 62.8 Å². The minimum atomic E-state index is -3.13. The predicted molar refractivity (Wildman–Crippen MR) is 110 cm³/mol. The van der Waals surface area contributed by atoms with Crippen LogP contribution in [-0.2, 0) is 10.0 Å². The lowest BCUT2D eigenvalue weighted by Crippen LogP contribution is -2.50. The Kier molecular flexibility index (Phi) is 8.50. The van der Waals surface area contributed by atoms with Gasteiger partial charge in [0.15, 0.2) is 17.5 Å². The van der Waals surface area contributed by atoms with Gasteiger partial charge in [-0.2, -0.15) is 0 Å². The molecule has 1 unspecified atom stereocenters. The van der Waals surface area contributed by atoms with E-state index in [1.807, 2.05) is 13.8 Å². The van der Waals surface area contributed by atoms with E-state index in [0.29, 0.717) is 32.1 Å². The summed E-state index contributed by atoms with van der Waals surface area (Å²) in [5.41, 5.74) is 0. The second kappa shape index (κ2) is 10.6. The van der Waals surface area contributed by atoms with E-state index < -0.39 is 15.8 Å². The number of para-hydroxylation sites is 1. The van der Waals surface area contributed by atoms with Crippen LogP contribution >= 0.6 is 0 Å². The second-order valence-electron chi connectivity index (χ2n) is 6.80. The molecule has 158 valence electrons. The first-order valence-corrected chi connectivity index (χ1v) is 11.4. The molecule has 1 saturated heterocycles. The Morgan fingerprint density at radius 2 is 2.00 bits per heavy atom. The lowest BCUT2D eigenvalue weighted by atomic mass is 10.1. The monoisotopic (exact) mass is 414 g/mol. The Balaban J connectivity index is 1.88. The standard InChI is InChI=1S/C19H31FN4O3S/c1-4-21-19(22-14-15(3)27-18-9-7-6-8-17(18)20)23-16-10-12-24(13-11-16)28(25,26)5-2/h6-9,15-16H,4-5,10-14H2,1-3H3,(H2,21,22,23). The molecular formula is C19H31FN4O3S. The van der Waals surface area contributed by atoms with E-state index in [2.05, 4.69) is 15.6 Å². The molecule has 0 saturated carbocycles. The largest absolute Gasteiger partial charge is 0.486 e. The smallest absolute Gasteiger partial charge is 0.213 e. The lowest BCUT2D eigenvalue weighted by Gasteiger charge is -2.32. The summed E-state index contributed by atoms with van der Waals surface area (Å²) in [5.74, 6) is 0.614. The van der Waals surface area contributed by atoms with Crippen LogP contribution in [0.15, 0.2) is 29.3 Å². The molecule has 2 N–H and O–H groups in total. The molecule has 0 spiro atoms. The number of hydrogen-bond donors (Lipinski definition) is 2. The van der Waals surface area contributed by atoms with E-state index in [0.717, 1.165) is 12.8 Å². The number of rotatable bonds is 8. The van der Waals surface area contributed by atoms with Crippen molar-refractivity contribution < 1.29 is 17.5 Å². The first kappa shape index (κ1) is 22.4. The molecule has 0 aliphatic carbocycles. The highest BCUT2D eigenvalue weighted by Crippen LogP contribution is 2.17. The molecule has 0 amide bonds. The molecule has 0 bridgehead atoms. The van der Waals surface area contributed by atoms with Gasteiger partial charge in [-0.15, -0.1) is 0 Å². The molecular weight excluding hydrogens is 383 g/mol. The van der Waals surface area contributed by atoms with Crippen molar-refractivity contribution in [2.45, 2.75) is 45.8 Å². The quantitative estimate of drug-likeness (QED) is 0.502. The highest BCUT2D eigenvalue weighted by atomic mass is 32.2. The summed E-state index contributed by atoms with van der Waals surface area (Å²) in [5, 5.41) is 6.56. The summed E-state index contributed by atoms with van der Waals surface area (Å²) in [7, 11) is -3.13. The van der Waals surface area contributed by atoms with Gasteiger partial charge in [-0.3, -0.25) is 0 Å². The van der Waals surface area contributed by atoms with Crippen molar-refractivity contribution in [2.75, 3.05) is 31.9 Å². The van der Waals surface area contributed by atoms with Gasteiger partial charge >= 0.3 is 0 Å². The van der Waals surface area contributed by atoms with Crippen molar-refractivity contribution in [3.8, 4) is 5.75 Å². The molecule has 2 rings (SSSR count).